The Labute approximate surface area is 79.2 Å². The maximum Gasteiger partial charge on any atom is 0.304 e. The molecule has 1 fully saturated rings. The van der Waals surface area contributed by atoms with E-state index in [0.717, 1.165) is 6.61 Å². The van der Waals surface area contributed by atoms with Crippen LogP contribution in [0.15, 0.2) is 0 Å². The van der Waals surface area contributed by atoms with E-state index in [4.69, 9.17) is 9.47 Å². The van der Waals surface area contributed by atoms with Crippen molar-refractivity contribution in [2.24, 2.45) is 0 Å². The molecule has 2 unspecified atom stereocenters. The van der Waals surface area contributed by atoms with Crippen molar-refractivity contribution in [3.8, 4) is 0 Å². The van der Waals surface area contributed by atoms with Crippen LogP contribution in [0.5, 0.6) is 0 Å². The van der Waals surface area contributed by atoms with Gasteiger partial charge in [0.05, 0.1) is 12.7 Å². The third-order valence-electron chi connectivity index (χ3n) is 1.39. The van der Waals surface area contributed by atoms with Crippen LogP contribution >= 0.6 is 0 Å². The van der Waals surface area contributed by atoms with Crippen LogP contribution in [0, 0.1) is 0 Å². The lowest BCUT2D eigenvalue weighted by Gasteiger charge is -2.11. The molecule has 0 N–H and O–H groups in total. The second kappa shape index (κ2) is 6.86. The lowest BCUT2D eigenvalue weighted by molar-refractivity contribution is -0.171. The van der Waals surface area contributed by atoms with Gasteiger partial charge < -0.3 is 14.2 Å². The number of hydrogen-bond donors (Lipinski definition) is 0. The minimum atomic E-state index is -0.373. The lowest BCUT2D eigenvalue weighted by atomic mass is 10.5. The van der Waals surface area contributed by atoms with Crippen LogP contribution in [-0.4, -0.2) is 32.1 Å². The number of ether oxygens (including phenoxy) is 3. The van der Waals surface area contributed by atoms with Gasteiger partial charge >= 0.3 is 5.97 Å². The van der Waals surface area contributed by atoms with Crippen molar-refractivity contribution in [2.45, 2.75) is 39.6 Å². The average molecular weight is 190 g/mol. The molecular weight excluding hydrogens is 172 g/mol. The van der Waals surface area contributed by atoms with Crippen LogP contribution < -0.4 is 0 Å². The van der Waals surface area contributed by atoms with Gasteiger partial charge in [-0.3, -0.25) is 4.79 Å². The summed E-state index contributed by atoms with van der Waals surface area (Å²) in [6.45, 7) is 6.29. The molecule has 1 saturated heterocycles. The van der Waals surface area contributed by atoms with Gasteiger partial charge in [-0.05, 0) is 6.92 Å². The molecule has 0 radical (unpaired) electrons. The molecule has 0 bridgehead atoms. The molecule has 1 aliphatic heterocycles. The predicted molar refractivity (Wildman–Crippen MR) is 48.3 cm³/mol. The van der Waals surface area contributed by atoms with Gasteiger partial charge in [-0.15, -0.1) is 0 Å². The number of epoxide rings is 1. The fraction of sp³-hybridized carbons (Fsp3) is 0.889. The standard InChI is InChI=1S/C6H12O3.C3H6O/c1-4-6(8-3)9-5(2)7;1-3-2-4-3/h6H,4H2,1-3H3;3H,2H2,1H3. The predicted octanol–water partition coefficient (Wildman–Crippen LogP) is 1.34. The molecule has 0 aromatic rings. The summed E-state index contributed by atoms with van der Waals surface area (Å²) in [5, 5.41) is 0. The van der Waals surface area contributed by atoms with E-state index in [1.165, 1.54) is 14.0 Å². The second-order valence-electron chi connectivity index (χ2n) is 2.83. The molecule has 4 heteroatoms. The molecule has 1 rings (SSSR count). The number of esters is 1. The molecule has 0 aliphatic carbocycles. The van der Waals surface area contributed by atoms with E-state index in [9.17, 15) is 4.79 Å². The first-order valence-electron chi connectivity index (χ1n) is 4.41. The van der Waals surface area contributed by atoms with Crippen LogP contribution in [0.25, 0.3) is 0 Å². The van der Waals surface area contributed by atoms with Crippen molar-refractivity contribution in [1.82, 2.24) is 0 Å². The Morgan fingerprint density at radius 1 is 1.69 bits per heavy atom. The van der Waals surface area contributed by atoms with E-state index in [0.29, 0.717) is 12.5 Å². The fourth-order valence-corrected chi connectivity index (χ4v) is 0.579. The number of rotatable bonds is 3. The maximum atomic E-state index is 10.3. The van der Waals surface area contributed by atoms with E-state index >= 15 is 0 Å². The SMILES string of the molecule is CC1CO1.CCC(OC)OC(C)=O. The van der Waals surface area contributed by atoms with Crippen molar-refractivity contribution in [3.05, 3.63) is 0 Å². The molecule has 1 aliphatic rings. The highest BCUT2D eigenvalue weighted by molar-refractivity contribution is 5.66. The zero-order chi connectivity index (χ0) is 10.3. The first-order valence-corrected chi connectivity index (χ1v) is 4.41. The second-order valence-corrected chi connectivity index (χ2v) is 2.83. The van der Waals surface area contributed by atoms with E-state index in [1.807, 2.05) is 6.92 Å². The molecule has 0 aromatic heterocycles. The van der Waals surface area contributed by atoms with Crippen molar-refractivity contribution < 1.29 is 19.0 Å². The summed E-state index contributed by atoms with van der Waals surface area (Å²) < 4.78 is 14.2. The molecule has 1 heterocycles. The number of carbonyl (C=O) groups excluding carboxylic acids is 1. The number of methoxy groups -OCH3 is 1. The minimum absolute atomic E-state index is 0.302. The average Bonchev–Trinajstić information content (AvgIpc) is 2.84. The highest BCUT2D eigenvalue weighted by Gasteiger charge is 2.13. The Balaban J connectivity index is 0.000000293. The van der Waals surface area contributed by atoms with Crippen molar-refractivity contribution in [3.63, 3.8) is 0 Å². The molecular formula is C9H18O4. The Bertz CT molecular complexity index is 139. The molecule has 4 nitrogen and oxygen atoms in total. The van der Waals surface area contributed by atoms with Gasteiger partial charge in [-0.25, -0.2) is 0 Å². The van der Waals surface area contributed by atoms with Gasteiger partial charge in [-0.1, -0.05) is 6.92 Å². The monoisotopic (exact) mass is 190 g/mol. The molecule has 0 saturated carbocycles. The summed E-state index contributed by atoms with van der Waals surface area (Å²) in [6, 6.07) is 0. The van der Waals surface area contributed by atoms with E-state index in [2.05, 4.69) is 11.7 Å². The van der Waals surface area contributed by atoms with E-state index in [-0.39, 0.29) is 12.3 Å². The minimum Gasteiger partial charge on any atom is -0.436 e. The van der Waals surface area contributed by atoms with Crippen LogP contribution in [-0.2, 0) is 19.0 Å². The third-order valence-corrected chi connectivity index (χ3v) is 1.39. The molecule has 0 aromatic carbocycles. The molecule has 0 amide bonds. The zero-order valence-corrected chi connectivity index (χ0v) is 8.70. The first kappa shape index (κ1) is 12.4. The van der Waals surface area contributed by atoms with Crippen molar-refractivity contribution in [1.29, 1.82) is 0 Å². The Hall–Kier alpha value is -0.610. The Kier molecular flexibility index (Phi) is 6.54. The Morgan fingerprint density at radius 2 is 2.15 bits per heavy atom. The first-order chi connectivity index (χ1) is 6.10. The van der Waals surface area contributed by atoms with Crippen molar-refractivity contribution in [2.75, 3.05) is 13.7 Å². The van der Waals surface area contributed by atoms with Crippen molar-refractivity contribution >= 4 is 5.97 Å². The molecule has 0 spiro atoms. The topological polar surface area (TPSA) is 48.1 Å². The van der Waals surface area contributed by atoms with Gasteiger partial charge in [0.1, 0.15) is 0 Å². The largest absolute Gasteiger partial charge is 0.436 e. The van der Waals surface area contributed by atoms with Gasteiger partial charge in [0.25, 0.3) is 0 Å². The summed E-state index contributed by atoms with van der Waals surface area (Å²) >= 11 is 0. The summed E-state index contributed by atoms with van der Waals surface area (Å²) in [5.74, 6) is -0.302. The zero-order valence-electron chi connectivity index (χ0n) is 8.70. The normalized spacial score (nSPS) is 21.1. The highest BCUT2D eigenvalue weighted by Crippen LogP contribution is 2.04. The van der Waals surface area contributed by atoms with E-state index in [1.54, 1.807) is 0 Å². The van der Waals surface area contributed by atoms with Crippen LogP contribution in [0.4, 0.5) is 0 Å². The molecule has 2 atom stereocenters. The third kappa shape index (κ3) is 9.30. The van der Waals surface area contributed by atoms with Gasteiger partial charge in [0.15, 0.2) is 0 Å². The van der Waals surface area contributed by atoms with Crippen LogP contribution in [0.2, 0.25) is 0 Å². The number of hydrogen-bond acceptors (Lipinski definition) is 4. The summed E-state index contributed by atoms with van der Waals surface area (Å²) in [7, 11) is 1.51. The quantitative estimate of drug-likeness (QED) is 0.383. The summed E-state index contributed by atoms with van der Waals surface area (Å²) in [6.07, 6.45) is 0.901. The maximum absolute atomic E-state index is 10.3. The van der Waals surface area contributed by atoms with Crippen LogP contribution in [0.3, 0.4) is 0 Å². The lowest BCUT2D eigenvalue weighted by Crippen LogP contribution is -2.16. The number of carbonyl (C=O) groups is 1. The van der Waals surface area contributed by atoms with Crippen LogP contribution in [0.1, 0.15) is 27.2 Å². The van der Waals surface area contributed by atoms with Gasteiger partial charge in [0, 0.05) is 20.5 Å². The summed E-state index contributed by atoms with van der Waals surface area (Å²) in [4.78, 5) is 10.3. The highest BCUT2D eigenvalue weighted by atomic mass is 16.7. The van der Waals surface area contributed by atoms with Gasteiger partial charge in [-0.2, -0.15) is 0 Å². The molecule has 13 heavy (non-hydrogen) atoms. The Morgan fingerprint density at radius 3 is 2.23 bits per heavy atom. The fourth-order valence-electron chi connectivity index (χ4n) is 0.579. The smallest absolute Gasteiger partial charge is 0.304 e. The summed E-state index contributed by atoms with van der Waals surface area (Å²) in [5.41, 5.74) is 0. The van der Waals surface area contributed by atoms with E-state index < -0.39 is 0 Å². The molecule has 78 valence electrons. The van der Waals surface area contributed by atoms with Gasteiger partial charge in [0.2, 0.25) is 6.29 Å².